The highest BCUT2D eigenvalue weighted by molar-refractivity contribution is 8.76. The molecule has 2 aliphatic rings. The number of hydrogen-bond donors (Lipinski definition) is 2. The molecule has 8 nitrogen and oxygen atoms in total. The van der Waals surface area contributed by atoms with Crippen LogP contribution in [0.5, 0.6) is 0 Å². The summed E-state index contributed by atoms with van der Waals surface area (Å²) in [5.74, 6) is -2.55. The van der Waals surface area contributed by atoms with Crippen molar-refractivity contribution in [3.05, 3.63) is 48.5 Å². The van der Waals surface area contributed by atoms with Crippen LogP contribution in [0.1, 0.15) is 25.7 Å². The van der Waals surface area contributed by atoms with Gasteiger partial charge in [-0.05, 0) is 37.1 Å². The zero-order valence-corrected chi connectivity index (χ0v) is 18.5. The molecule has 4 rings (SSSR count). The molecule has 2 aliphatic heterocycles. The summed E-state index contributed by atoms with van der Waals surface area (Å²) in [6, 6.07) is 12.4. The molecule has 0 bridgehead atoms. The summed E-state index contributed by atoms with van der Waals surface area (Å²) in [6.45, 7) is 0. The van der Waals surface area contributed by atoms with Crippen molar-refractivity contribution in [1.29, 1.82) is 0 Å². The fourth-order valence-electron chi connectivity index (χ4n) is 3.98. The van der Waals surface area contributed by atoms with E-state index < -0.39 is 24.0 Å². The van der Waals surface area contributed by atoms with Crippen LogP contribution in [0, 0.1) is 0 Å². The largest absolute Gasteiger partial charge is 0.480 e. The second-order valence-electron chi connectivity index (χ2n) is 7.42. The molecular weight excluding hydrogens is 452 g/mol. The highest BCUT2D eigenvalue weighted by Gasteiger charge is 2.39. The van der Waals surface area contributed by atoms with Gasteiger partial charge in [-0.3, -0.25) is 19.4 Å². The van der Waals surface area contributed by atoms with Gasteiger partial charge in [-0.25, -0.2) is 9.59 Å². The molecule has 2 N–H and O–H groups in total. The number of benzene rings is 2. The Kier molecular flexibility index (Phi) is 6.43. The van der Waals surface area contributed by atoms with Gasteiger partial charge in [-0.1, -0.05) is 45.9 Å². The molecule has 2 atom stereocenters. The molecule has 32 heavy (non-hydrogen) atoms. The lowest BCUT2D eigenvalue weighted by Crippen LogP contribution is -2.38. The molecule has 2 saturated heterocycles. The van der Waals surface area contributed by atoms with Gasteiger partial charge >= 0.3 is 11.9 Å². The minimum atomic E-state index is -1.04. The van der Waals surface area contributed by atoms with Crippen LogP contribution in [0.4, 0.5) is 11.4 Å². The molecule has 2 unspecified atom stereocenters. The summed E-state index contributed by atoms with van der Waals surface area (Å²) in [7, 11) is 2.66. The Morgan fingerprint density at radius 2 is 1.09 bits per heavy atom. The van der Waals surface area contributed by atoms with Gasteiger partial charge in [0.15, 0.2) is 0 Å². The fourth-order valence-corrected chi connectivity index (χ4v) is 6.32. The second kappa shape index (κ2) is 9.25. The lowest BCUT2D eigenvalue weighted by Gasteiger charge is -2.25. The predicted octanol–water partition coefficient (Wildman–Crippen LogP) is 3.65. The van der Waals surface area contributed by atoms with E-state index in [4.69, 9.17) is 0 Å². The van der Waals surface area contributed by atoms with E-state index in [-0.39, 0.29) is 37.5 Å². The van der Waals surface area contributed by atoms with Crippen molar-refractivity contribution in [2.75, 3.05) is 9.80 Å². The SMILES string of the molecule is O=C(O)C1CCC(=O)N1c1ccccc1SSc1ccccc1N1C(=O)CCC1C(=O)O. The normalized spacial score (nSPS) is 20.8. The maximum Gasteiger partial charge on any atom is 0.326 e. The van der Waals surface area contributed by atoms with Crippen molar-refractivity contribution in [3.8, 4) is 0 Å². The van der Waals surface area contributed by atoms with Gasteiger partial charge in [0.2, 0.25) is 11.8 Å². The molecule has 0 radical (unpaired) electrons. The van der Waals surface area contributed by atoms with Crippen LogP contribution < -0.4 is 9.80 Å². The molecule has 2 heterocycles. The van der Waals surface area contributed by atoms with Crippen LogP contribution in [-0.4, -0.2) is 46.0 Å². The molecule has 166 valence electrons. The van der Waals surface area contributed by atoms with Gasteiger partial charge in [0, 0.05) is 22.6 Å². The number of para-hydroxylation sites is 2. The number of hydrogen-bond acceptors (Lipinski definition) is 6. The maximum absolute atomic E-state index is 12.4. The highest BCUT2D eigenvalue weighted by Crippen LogP contribution is 2.47. The summed E-state index contributed by atoms with van der Waals surface area (Å²) in [5, 5.41) is 19.0. The third kappa shape index (κ3) is 4.20. The third-order valence-electron chi connectivity index (χ3n) is 5.46. The summed E-state index contributed by atoms with van der Waals surface area (Å²) >= 11 is 0. The van der Waals surface area contributed by atoms with E-state index in [0.717, 1.165) is 0 Å². The molecule has 2 amide bonds. The van der Waals surface area contributed by atoms with Gasteiger partial charge in [0.05, 0.1) is 11.4 Å². The second-order valence-corrected chi connectivity index (χ2v) is 9.63. The van der Waals surface area contributed by atoms with Gasteiger partial charge < -0.3 is 10.2 Å². The van der Waals surface area contributed by atoms with Crippen molar-refractivity contribution < 1.29 is 29.4 Å². The summed E-state index contributed by atoms with van der Waals surface area (Å²) in [5.41, 5.74) is 1.05. The summed E-state index contributed by atoms with van der Waals surface area (Å²) in [4.78, 5) is 52.2. The monoisotopic (exact) mass is 472 g/mol. The molecule has 0 aliphatic carbocycles. The van der Waals surface area contributed by atoms with E-state index in [1.54, 1.807) is 48.5 Å². The zero-order valence-electron chi connectivity index (χ0n) is 16.8. The molecular formula is C22H20N2O6S2. The fraction of sp³-hybridized carbons (Fsp3) is 0.273. The Morgan fingerprint density at radius 1 is 0.719 bits per heavy atom. The van der Waals surface area contributed by atoms with Gasteiger partial charge in [-0.2, -0.15) is 0 Å². The van der Waals surface area contributed by atoms with Crippen LogP contribution in [-0.2, 0) is 19.2 Å². The number of carbonyl (C=O) groups is 4. The van der Waals surface area contributed by atoms with Gasteiger partial charge in [0.25, 0.3) is 0 Å². The van der Waals surface area contributed by atoms with Crippen LogP contribution in [0.15, 0.2) is 58.3 Å². The number of carboxylic acids is 2. The van der Waals surface area contributed by atoms with E-state index >= 15 is 0 Å². The molecule has 2 aromatic carbocycles. The Morgan fingerprint density at radius 3 is 1.47 bits per heavy atom. The molecule has 2 aromatic rings. The smallest absolute Gasteiger partial charge is 0.326 e. The Labute approximate surface area is 192 Å². The van der Waals surface area contributed by atoms with Crippen LogP contribution in [0.3, 0.4) is 0 Å². The van der Waals surface area contributed by atoms with Crippen LogP contribution in [0.25, 0.3) is 0 Å². The first-order valence-electron chi connectivity index (χ1n) is 10.0. The number of carboxylic acid groups (broad SMARTS) is 2. The number of nitrogens with zero attached hydrogens (tertiary/aromatic N) is 2. The number of carbonyl (C=O) groups excluding carboxylic acids is 2. The van der Waals surface area contributed by atoms with Crippen molar-refractivity contribution in [2.45, 2.75) is 47.6 Å². The van der Waals surface area contributed by atoms with Crippen molar-refractivity contribution in [2.24, 2.45) is 0 Å². The van der Waals surface area contributed by atoms with Crippen molar-refractivity contribution >= 4 is 56.7 Å². The van der Waals surface area contributed by atoms with E-state index in [1.807, 2.05) is 0 Å². The average Bonchev–Trinajstić information content (AvgIpc) is 3.35. The summed E-state index contributed by atoms with van der Waals surface area (Å²) < 4.78 is 0. The molecule has 0 saturated carbocycles. The van der Waals surface area contributed by atoms with E-state index in [2.05, 4.69) is 0 Å². The zero-order chi connectivity index (χ0) is 22.8. The van der Waals surface area contributed by atoms with E-state index in [1.165, 1.54) is 31.4 Å². The van der Waals surface area contributed by atoms with E-state index in [9.17, 15) is 29.4 Å². The van der Waals surface area contributed by atoms with E-state index in [0.29, 0.717) is 21.2 Å². The Bertz CT molecular complexity index is 1010. The number of amides is 2. The minimum absolute atomic E-state index is 0.180. The first kappa shape index (κ1) is 22.2. The maximum atomic E-state index is 12.4. The predicted molar refractivity (Wildman–Crippen MR) is 121 cm³/mol. The first-order chi connectivity index (χ1) is 15.4. The van der Waals surface area contributed by atoms with Crippen LogP contribution in [0.2, 0.25) is 0 Å². The highest BCUT2D eigenvalue weighted by atomic mass is 33.1. The Balaban J connectivity index is 1.61. The minimum Gasteiger partial charge on any atom is -0.480 e. The topological polar surface area (TPSA) is 115 Å². The third-order valence-corrected chi connectivity index (χ3v) is 7.93. The lowest BCUT2D eigenvalue weighted by atomic mass is 10.2. The number of rotatable bonds is 7. The number of aliphatic carboxylic acids is 2. The number of anilines is 2. The quantitative estimate of drug-likeness (QED) is 0.587. The van der Waals surface area contributed by atoms with Gasteiger partial charge in [0.1, 0.15) is 12.1 Å². The average molecular weight is 473 g/mol. The molecule has 0 aromatic heterocycles. The lowest BCUT2D eigenvalue weighted by molar-refractivity contribution is -0.139. The summed E-state index contributed by atoms with van der Waals surface area (Å²) in [6.07, 6.45) is 0.882. The van der Waals surface area contributed by atoms with Gasteiger partial charge in [-0.15, -0.1) is 0 Å². The molecule has 2 fully saturated rings. The Hall–Kier alpha value is -2.98. The first-order valence-corrected chi connectivity index (χ1v) is 12.2. The van der Waals surface area contributed by atoms with Crippen molar-refractivity contribution in [3.63, 3.8) is 0 Å². The molecule has 10 heteroatoms. The molecule has 0 spiro atoms. The van der Waals surface area contributed by atoms with Crippen LogP contribution >= 0.6 is 21.6 Å². The standard InChI is InChI=1S/C22H20N2O6S2/c25-19-11-9-15(21(27)28)23(19)13-5-1-3-7-17(13)31-32-18-8-4-2-6-14(18)24-16(22(29)30)10-12-20(24)26/h1-8,15-16H,9-12H2,(H,27,28)(H,29,30). The van der Waals surface area contributed by atoms with Crippen molar-refractivity contribution in [1.82, 2.24) is 0 Å².